The molecule has 1 atom stereocenters. The maximum Gasteiger partial charge on any atom is 0.226 e. The van der Waals surface area contributed by atoms with E-state index in [4.69, 9.17) is 16.9 Å². The van der Waals surface area contributed by atoms with Crippen LogP contribution in [-0.2, 0) is 24.1 Å². The van der Waals surface area contributed by atoms with Gasteiger partial charge in [0.25, 0.3) is 0 Å². The minimum atomic E-state index is -0.340. The highest BCUT2D eigenvalue weighted by atomic mass is 35.5. The lowest BCUT2D eigenvalue weighted by molar-refractivity contribution is -0.111. The van der Waals surface area contributed by atoms with Crippen molar-refractivity contribution >= 4 is 16.8 Å². The molecule has 2 rings (SSSR count). The Labute approximate surface area is 99.8 Å². The topological polar surface area (TPSA) is 40.9 Å². The molecule has 0 saturated heterocycles. The van der Waals surface area contributed by atoms with Crippen LogP contribution in [0.5, 0.6) is 0 Å². The molecule has 1 unspecified atom stereocenters. The predicted octanol–water partition coefficient (Wildman–Crippen LogP) is 2.62. The number of carbonyl (C=O) groups is 1. The van der Waals surface area contributed by atoms with Crippen LogP contribution in [0.15, 0.2) is 18.2 Å². The number of halogens is 1. The fourth-order valence-corrected chi connectivity index (χ4v) is 2.43. The first-order valence-electron chi connectivity index (χ1n) is 5.38. The van der Waals surface area contributed by atoms with E-state index in [1.807, 2.05) is 12.1 Å². The Hall–Kier alpha value is -1.33. The first-order chi connectivity index (χ1) is 7.70. The van der Waals surface area contributed by atoms with Crippen molar-refractivity contribution in [3.63, 3.8) is 0 Å². The first-order valence-corrected chi connectivity index (χ1v) is 5.76. The van der Waals surface area contributed by atoms with Crippen LogP contribution < -0.4 is 0 Å². The van der Waals surface area contributed by atoms with Crippen LogP contribution in [0.3, 0.4) is 0 Å². The molecule has 0 fully saturated rings. The molecule has 0 spiro atoms. The third kappa shape index (κ3) is 2.25. The van der Waals surface area contributed by atoms with Crippen LogP contribution in [0.4, 0.5) is 0 Å². The second-order valence-electron chi connectivity index (χ2n) is 4.16. The Balaban J connectivity index is 2.35. The van der Waals surface area contributed by atoms with Crippen LogP contribution in [0.25, 0.3) is 0 Å². The molecule has 0 bridgehead atoms. The number of benzene rings is 1. The Bertz CT molecular complexity index is 461. The number of nitriles is 1. The van der Waals surface area contributed by atoms with Gasteiger partial charge in [0.05, 0.1) is 12.0 Å². The summed E-state index contributed by atoms with van der Waals surface area (Å²) in [6, 6.07) is 8.27. The Morgan fingerprint density at radius 3 is 3.06 bits per heavy atom. The first kappa shape index (κ1) is 11.2. The van der Waals surface area contributed by atoms with E-state index < -0.39 is 0 Å². The summed E-state index contributed by atoms with van der Waals surface area (Å²) in [4.78, 5) is 11.0. The molecule has 0 radical (unpaired) electrons. The molecule has 3 heteroatoms. The monoisotopic (exact) mass is 233 g/mol. The van der Waals surface area contributed by atoms with E-state index in [1.165, 1.54) is 5.56 Å². The van der Waals surface area contributed by atoms with Crippen LogP contribution in [0.1, 0.15) is 23.1 Å². The number of hydrogen-bond donors (Lipinski definition) is 0. The third-order valence-electron chi connectivity index (χ3n) is 3.09. The number of rotatable bonds is 2. The highest BCUT2D eigenvalue weighted by molar-refractivity contribution is 6.63. The molecule has 1 aromatic carbocycles. The van der Waals surface area contributed by atoms with Crippen LogP contribution in [0, 0.1) is 17.2 Å². The Morgan fingerprint density at radius 2 is 2.38 bits per heavy atom. The summed E-state index contributed by atoms with van der Waals surface area (Å²) in [7, 11) is 0. The van der Waals surface area contributed by atoms with Gasteiger partial charge in [-0.05, 0) is 47.6 Å². The molecule has 2 nitrogen and oxygen atoms in total. The van der Waals surface area contributed by atoms with E-state index in [-0.39, 0.29) is 17.6 Å². The van der Waals surface area contributed by atoms with Gasteiger partial charge in [-0.15, -0.1) is 0 Å². The van der Waals surface area contributed by atoms with E-state index >= 15 is 0 Å². The number of hydrogen-bond acceptors (Lipinski definition) is 2. The SMILES string of the molecule is N#CC1CCc2cccc(CC(=O)Cl)c2C1. The number of fused-ring (bicyclic) bond motifs is 1. The van der Waals surface area contributed by atoms with E-state index in [2.05, 4.69) is 12.1 Å². The number of nitrogens with zero attached hydrogens (tertiary/aromatic N) is 1. The molecule has 0 heterocycles. The van der Waals surface area contributed by atoms with Gasteiger partial charge in [-0.3, -0.25) is 4.79 Å². The zero-order chi connectivity index (χ0) is 11.5. The highest BCUT2D eigenvalue weighted by Crippen LogP contribution is 2.28. The highest BCUT2D eigenvalue weighted by Gasteiger charge is 2.20. The van der Waals surface area contributed by atoms with Gasteiger partial charge in [-0.25, -0.2) is 0 Å². The van der Waals surface area contributed by atoms with Gasteiger partial charge in [0, 0.05) is 6.42 Å². The van der Waals surface area contributed by atoms with Crippen molar-refractivity contribution in [3.8, 4) is 6.07 Å². The van der Waals surface area contributed by atoms with Crippen molar-refractivity contribution in [1.29, 1.82) is 5.26 Å². The van der Waals surface area contributed by atoms with Crippen molar-refractivity contribution < 1.29 is 4.79 Å². The summed E-state index contributed by atoms with van der Waals surface area (Å²) < 4.78 is 0. The minimum Gasteiger partial charge on any atom is -0.281 e. The zero-order valence-electron chi connectivity index (χ0n) is 8.87. The second-order valence-corrected chi connectivity index (χ2v) is 4.58. The summed E-state index contributed by atoms with van der Waals surface area (Å²) in [6.07, 6.45) is 2.87. The van der Waals surface area contributed by atoms with Gasteiger partial charge in [0.1, 0.15) is 0 Å². The molecular weight excluding hydrogens is 222 g/mol. The molecule has 0 aliphatic heterocycles. The lowest BCUT2D eigenvalue weighted by Gasteiger charge is -2.22. The summed E-state index contributed by atoms with van der Waals surface area (Å²) in [5.41, 5.74) is 3.41. The second kappa shape index (κ2) is 4.67. The summed E-state index contributed by atoms with van der Waals surface area (Å²) in [6.45, 7) is 0. The third-order valence-corrected chi connectivity index (χ3v) is 3.23. The van der Waals surface area contributed by atoms with Gasteiger partial charge in [0.2, 0.25) is 5.24 Å². The molecule has 16 heavy (non-hydrogen) atoms. The fraction of sp³-hybridized carbons (Fsp3) is 0.385. The predicted molar refractivity (Wildman–Crippen MR) is 62.1 cm³/mol. The number of carbonyl (C=O) groups excluding carboxylic acids is 1. The molecule has 1 aromatic rings. The molecular formula is C13H12ClNO. The van der Waals surface area contributed by atoms with E-state index in [9.17, 15) is 4.79 Å². The average Bonchev–Trinajstić information content (AvgIpc) is 2.28. The van der Waals surface area contributed by atoms with Crippen molar-refractivity contribution in [2.45, 2.75) is 25.7 Å². The standard InChI is InChI=1S/C13H12ClNO/c14-13(16)7-11-3-1-2-10-5-4-9(8-15)6-12(10)11/h1-3,9H,4-7H2. The van der Waals surface area contributed by atoms with Crippen molar-refractivity contribution in [1.82, 2.24) is 0 Å². The van der Waals surface area contributed by atoms with Gasteiger partial charge < -0.3 is 0 Å². The fourth-order valence-electron chi connectivity index (χ4n) is 2.29. The Kier molecular flexibility index (Phi) is 3.26. The molecule has 82 valence electrons. The van der Waals surface area contributed by atoms with Gasteiger partial charge in [0.15, 0.2) is 0 Å². The minimum absolute atomic E-state index is 0.0825. The average molecular weight is 234 g/mol. The lowest BCUT2D eigenvalue weighted by Crippen LogP contribution is -2.15. The molecule has 1 aliphatic carbocycles. The van der Waals surface area contributed by atoms with E-state index in [0.717, 1.165) is 30.4 Å². The smallest absolute Gasteiger partial charge is 0.226 e. The van der Waals surface area contributed by atoms with Crippen LogP contribution in [-0.4, -0.2) is 5.24 Å². The van der Waals surface area contributed by atoms with Gasteiger partial charge >= 0.3 is 0 Å². The maximum atomic E-state index is 11.0. The van der Waals surface area contributed by atoms with E-state index in [1.54, 1.807) is 0 Å². The summed E-state index contributed by atoms with van der Waals surface area (Å²) >= 11 is 5.42. The molecule has 0 aromatic heterocycles. The van der Waals surface area contributed by atoms with Crippen molar-refractivity contribution in [2.75, 3.05) is 0 Å². The van der Waals surface area contributed by atoms with Crippen LogP contribution in [0.2, 0.25) is 0 Å². The maximum absolute atomic E-state index is 11.0. The molecule has 0 saturated carbocycles. The number of aryl methyl sites for hydroxylation is 1. The van der Waals surface area contributed by atoms with Gasteiger partial charge in [-0.2, -0.15) is 5.26 Å². The van der Waals surface area contributed by atoms with E-state index in [0.29, 0.717) is 0 Å². The summed E-state index contributed by atoms with van der Waals surface area (Å²) in [5, 5.41) is 8.61. The summed E-state index contributed by atoms with van der Waals surface area (Å²) in [5.74, 6) is 0.0825. The zero-order valence-corrected chi connectivity index (χ0v) is 9.63. The van der Waals surface area contributed by atoms with Crippen molar-refractivity contribution in [3.05, 3.63) is 34.9 Å². The molecule has 1 aliphatic rings. The normalized spacial score (nSPS) is 18.6. The lowest BCUT2D eigenvalue weighted by atomic mass is 9.82. The Morgan fingerprint density at radius 1 is 1.56 bits per heavy atom. The molecule has 0 amide bonds. The van der Waals surface area contributed by atoms with Crippen molar-refractivity contribution in [2.24, 2.45) is 5.92 Å². The quantitative estimate of drug-likeness (QED) is 0.737. The van der Waals surface area contributed by atoms with Gasteiger partial charge in [-0.1, -0.05) is 18.2 Å². The molecule has 0 N–H and O–H groups in total. The van der Waals surface area contributed by atoms with Crippen LogP contribution >= 0.6 is 11.6 Å². The largest absolute Gasteiger partial charge is 0.281 e.